The Labute approximate surface area is 242 Å². The van der Waals surface area contributed by atoms with Gasteiger partial charge in [-0.15, -0.1) is 0 Å². The minimum atomic E-state index is -1.09. The van der Waals surface area contributed by atoms with Crippen LogP contribution in [0.1, 0.15) is 79.1 Å². The summed E-state index contributed by atoms with van der Waals surface area (Å²) < 4.78 is 0. The van der Waals surface area contributed by atoms with Gasteiger partial charge in [-0.1, -0.05) is 52.4 Å². The van der Waals surface area contributed by atoms with Crippen molar-refractivity contribution in [3.8, 4) is 0 Å². The molecule has 0 saturated carbocycles. The van der Waals surface area contributed by atoms with Crippen molar-refractivity contribution in [1.29, 1.82) is 0 Å². The standard InChI is InChI=1S/2C12H26N2O3.Ca/c2*1-3-4-5-6-11(15)9-13-7-8-14-10(2)12(16)17;/h2*10-11,13-15H,3-9H2,1-2H3,(H,16,17);/q;;+2/p-2. The van der Waals surface area contributed by atoms with Gasteiger partial charge in [0.25, 0.3) is 0 Å². The van der Waals surface area contributed by atoms with Crippen molar-refractivity contribution in [1.82, 2.24) is 21.3 Å². The molecule has 0 bridgehead atoms. The van der Waals surface area contributed by atoms with Crippen LogP contribution in [0.5, 0.6) is 0 Å². The molecule has 6 N–H and O–H groups in total. The number of aliphatic hydroxyl groups is 2. The maximum Gasteiger partial charge on any atom is 2.00 e. The van der Waals surface area contributed by atoms with Crippen LogP contribution in [0.15, 0.2) is 0 Å². The van der Waals surface area contributed by atoms with E-state index < -0.39 is 24.0 Å². The van der Waals surface area contributed by atoms with Gasteiger partial charge in [-0.05, 0) is 26.7 Å². The van der Waals surface area contributed by atoms with Gasteiger partial charge in [-0.3, -0.25) is 0 Å². The minimum absolute atomic E-state index is 0. The number of aliphatic hydroxyl groups excluding tert-OH is 2. The van der Waals surface area contributed by atoms with Crippen molar-refractivity contribution >= 4 is 49.7 Å². The van der Waals surface area contributed by atoms with E-state index in [1.807, 2.05) is 0 Å². The smallest absolute Gasteiger partial charge is 0.548 e. The van der Waals surface area contributed by atoms with E-state index in [0.717, 1.165) is 51.4 Å². The summed E-state index contributed by atoms with van der Waals surface area (Å²) in [4.78, 5) is 20.8. The van der Waals surface area contributed by atoms with Crippen LogP contribution in [0.2, 0.25) is 0 Å². The summed E-state index contributed by atoms with van der Waals surface area (Å²) in [6, 6.07) is -1.27. The molecule has 0 heterocycles. The van der Waals surface area contributed by atoms with E-state index in [9.17, 15) is 30.0 Å². The van der Waals surface area contributed by atoms with Crippen molar-refractivity contribution in [3.05, 3.63) is 0 Å². The molecule has 0 aliphatic rings. The molecule has 10 nitrogen and oxygen atoms in total. The monoisotopic (exact) mass is 530 g/mol. The van der Waals surface area contributed by atoms with E-state index >= 15 is 0 Å². The van der Waals surface area contributed by atoms with Crippen LogP contribution >= 0.6 is 0 Å². The summed E-state index contributed by atoms with van der Waals surface area (Å²) in [7, 11) is 0. The largest absolute Gasteiger partial charge is 2.00 e. The van der Waals surface area contributed by atoms with Gasteiger partial charge < -0.3 is 51.3 Å². The van der Waals surface area contributed by atoms with Crippen LogP contribution in [-0.4, -0.2) is 123 Å². The molecule has 4 unspecified atom stereocenters. The second-order valence-electron chi connectivity index (χ2n) is 8.70. The maximum atomic E-state index is 10.4. The van der Waals surface area contributed by atoms with Crippen LogP contribution in [0.25, 0.3) is 0 Å². The molecule has 0 radical (unpaired) electrons. The zero-order chi connectivity index (χ0) is 26.2. The Morgan fingerprint density at radius 1 is 0.686 bits per heavy atom. The van der Waals surface area contributed by atoms with Crippen molar-refractivity contribution in [2.75, 3.05) is 39.3 Å². The van der Waals surface area contributed by atoms with Crippen LogP contribution in [0.3, 0.4) is 0 Å². The fourth-order valence-corrected chi connectivity index (χ4v) is 2.92. The van der Waals surface area contributed by atoms with Crippen molar-refractivity contribution in [2.45, 2.75) is 103 Å². The molecule has 35 heavy (non-hydrogen) atoms. The molecule has 0 aliphatic heterocycles. The fourth-order valence-electron chi connectivity index (χ4n) is 2.92. The van der Waals surface area contributed by atoms with Gasteiger partial charge in [0.15, 0.2) is 0 Å². The average Bonchev–Trinajstić information content (AvgIpc) is 2.79. The van der Waals surface area contributed by atoms with Crippen molar-refractivity contribution in [3.63, 3.8) is 0 Å². The second kappa shape index (κ2) is 28.5. The number of aliphatic carboxylic acids is 2. The zero-order valence-corrected chi connectivity index (χ0v) is 24.7. The molecule has 0 aliphatic carbocycles. The summed E-state index contributed by atoms with van der Waals surface area (Å²) in [5.41, 5.74) is 0. The summed E-state index contributed by atoms with van der Waals surface area (Å²) in [6.45, 7) is 10.9. The second-order valence-corrected chi connectivity index (χ2v) is 8.70. The van der Waals surface area contributed by atoms with Crippen molar-refractivity contribution < 1.29 is 30.0 Å². The number of carbonyl (C=O) groups excluding carboxylic acids is 2. The summed E-state index contributed by atoms with van der Waals surface area (Å²) in [5.74, 6) is -2.19. The number of carboxylic acids is 2. The molecule has 11 heteroatoms. The number of carboxylic acid groups (broad SMARTS) is 2. The Hall–Kier alpha value is -0.0403. The zero-order valence-electron chi connectivity index (χ0n) is 22.4. The SMILES string of the molecule is CCCCCC(O)CNCCNC(C)C(=O)[O-].CCCCCC(O)CNCCNC(C)C(=O)[O-].[Ca+2]. The van der Waals surface area contributed by atoms with E-state index in [4.69, 9.17) is 0 Å². The molecule has 0 aromatic heterocycles. The number of carbonyl (C=O) groups is 2. The molecular formula is C24H50CaN4O6. The van der Waals surface area contributed by atoms with Crippen LogP contribution in [-0.2, 0) is 9.59 Å². The number of unbranched alkanes of at least 4 members (excludes halogenated alkanes) is 4. The molecular weight excluding hydrogens is 480 g/mol. The molecule has 0 spiro atoms. The first kappa shape index (κ1) is 39.5. The third kappa shape index (κ3) is 30.1. The maximum absolute atomic E-state index is 10.4. The van der Waals surface area contributed by atoms with Crippen LogP contribution in [0.4, 0.5) is 0 Å². The van der Waals surface area contributed by atoms with E-state index in [1.165, 1.54) is 0 Å². The van der Waals surface area contributed by atoms with Gasteiger partial charge in [-0.25, -0.2) is 0 Å². The van der Waals surface area contributed by atoms with E-state index in [-0.39, 0.29) is 49.9 Å². The van der Waals surface area contributed by atoms with Gasteiger partial charge in [0, 0.05) is 51.4 Å². The van der Waals surface area contributed by atoms with E-state index in [0.29, 0.717) is 39.3 Å². The van der Waals surface area contributed by atoms with Crippen molar-refractivity contribution in [2.24, 2.45) is 0 Å². The first-order chi connectivity index (χ1) is 16.1. The Balaban J connectivity index is -0.000000569. The predicted octanol–water partition coefficient (Wildman–Crippen LogP) is -1.89. The molecule has 4 atom stereocenters. The van der Waals surface area contributed by atoms with E-state index in [1.54, 1.807) is 13.8 Å². The first-order valence-corrected chi connectivity index (χ1v) is 12.8. The number of hydrogen-bond acceptors (Lipinski definition) is 10. The van der Waals surface area contributed by atoms with E-state index in [2.05, 4.69) is 35.1 Å². The van der Waals surface area contributed by atoms with Crippen LogP contribution < -0.4 is 31.5 Å². The normalized spacial score (nSPS) is 14.1. The minimum Gasteiger partial charge on any atom is -0.548 e. The molecule has 0 fully saturated rings. The predicted molar refractivity (Wildman–Crippen MR) is 137 cm³/mol. The summed E-state index contributed by atoms with van der Waals surface area (Å²) >= 11 is 0. The topological polar surface area (TPSA) is 169 Å². The molecule has 0 amide bonds. The number of hydrogen-bond donors (Lipinski definition) is 6. The Kier molecular flexibility index (Phi) is 32.2. The van der Waals surface area contributed by atoms with Crippen LogP contribution in [0, 0.1) is 0 Å². The fraction of sp³-hybridized carbons (Fsp3) is 0.917. The molecule has 204 valence electrons. The van der Waals surface area contributed by atoms with Gasteiger partial charge in [0.2, 0.25) is 0 Å². The Morgan fingerprint density at radius 3 is 1.31 bits per heavy atom. The quantitative estimate of drug-likeness (QED) is 0.0687. The van der Waals surface area contributed by atoms with Gasteiger partial charge in [0.05, 0.1) is 24.1 Å². The van der Waals surface area contributed by atoms with Gasteiger partial charge in [-0.2, -0.15) is 0 Å². The Bertz CT molecular complexity index is 449. The number of rotatable bonds is 22. The van der Waals surface area contributed by atoms with Gasteiger partial charge >= 0.3 is 37.7 Å². The Morgan fingerprint density at radius 2 is 1.03 bits per heavy atom. The molecule has 0 saturated heterocycles. The number of nitrogens with one attached hydrogen (secondary N) is 4. The first-order valence-electron chi connectivity index (χ1n) is 12.8. The molecule has 0 aromatic rings. The molecule has 0 aromatic carbocycles. The van der Waals surface area contributed by atoms with Gasteiger partial charge in [0.1, 0.15) is 0 Å². The molecule has 0 rings (SSSR count). The summed E-state index contributed by atoms with van der Waals surface area (Å²) in [6.07, 6.45) is 7.77. The third-order valence-electron chi connectivity index (χ3n) is 5.25. The summed E-state index contributed by atoms with van der Waals surface area (Å²) in [5, 5.41) is 51.7. The third-order valence-corrected chi connectivity index (χ3v) is 5.25. The average molecular weight is 531 g/mol.